The number of pyridine rings is 1. The molecule has 0 aliphatic carbocycles. The van der Waals surface area contributed by atoms with E-state index in [0.29, 0.717) is 10.3 Å². The third kappa shape index (κ3) is 4.72. The van der Waals surface area contributed by atoms with Gasteiger partial charge in [0.05, 0.1) is 28.9 Å². The van der Waals surface area contributed by atoms with Crippen molar-refractivity contribution in [3.63, 3.8) is 0 Å². The Hall–Kier alpha value is -2.03. The van der Waals surface area contributed by atoms with Crippen molar-refractivity contribution in [3.05, 3.63) is 51.9 Å². The van der Waals surface area contributed by atoms with Gasteiger partial charge in [0.25, 0.3) is 5.91 Å². The Kier molecular flexibility index (Phi) is 6.03. The van der Waals surface area contributed by atoms with E-state index in [1.54, 1.807) is 6.20 Å². The van der Waals surface area contributed by atoms with Gasteiger partial charge < -0.3 is 10.4 Å². The Morgan fingerprint density at radius 3 is 2.91 bits per heavy atom. The highest BCUT2D eigenvalue weighted by Crippen LogP contribution is 2.27. The predicted molar refractivity (Wildman–Crippen MR) is 86.9 cm³/mol. The largest absolute Gasteiger partial charge is 0.394 e. The van der Waals surface area contributed by atoms with E-state index >= 15 is 0 Å². The topological polar surface area (TPSA) is 83.5 Å². The quantitative estimate of drug-likeness (QED) is 0.527. The number of carbonyl (C=O) groups excluding carboxylic acids is 1. The first-order valence-corrected chi connectivity index (χ1v) is 7.52. The number of aliphatic hydroxyl groups excluding tert-OH is 1. The van der Waals surface area contributed by atoms with E-state index in [1.165, 1.54) is 18.2 Å². The molecule has 0 aliphatic rings. The van der Waals surface area contributed by atoms with Gasteiger partial charge in [0.2, 0.25) is 0 Å². The van der Waals surface area contributed by atoms with Crippen LogP contribution in [0.5, 0.6) is 0 Å². The summed E-state index contributed by atoms with van der Waals surface area (Å²) in [4.78, 5) is 21.0. The molecule has 0 radical (unpaired) electrons. The minimum atomic E-state index is -0.566. The molecule has 2 rings (SSSR count). The second-order valence-corrected chi connectivity index (χ2v) is 5.52. The monoisotopic (exact) mass is 383 g/mol. The van der Waals surface area contributed by atoms with E-state index in [2.05, 4.69) is 31.7 Å². The number of anilines is 2. The molecular weight excluding hydrogens is 369 g/mol. The zero-order valence-corrected chi connectivity index (χ0v) is 13.9. The fourth-order valence-electron chi connectivity index (χ4n) is 1.79. The number of carbonyl (C=O) groups is 1. The molecule has 0 fully saturated rings. The van der Waals surface area contributed by atoms with Gasteiger partial charge in [0, 0.05) is 6.20 Å². The summed E-state index contributed by atoms with van der Waals surface area (Å²) in [6, 6.07) is 5.54. The maximum absolute atomic E-state index is 13.5. The summed E-state index contributed by atoms with van der Waals surface area (Å²) in [6.07, 6.45) is 1.65. The number of aryl methyl sites for hydroxylation is 1. The molecule has 1 aromatic heterocycles. The van der Waals surface area contributed by atoms with Crippen molar-refractivity contribution < 1.29 is 19.1 Å². The van der Waals surface area contributed by atoms with Crippen LogP contribution < -0.4 is 10.8 Å². The van der Waals surface area contributed by atoms with Gasteiger partial charge in [-0.3, -0.25) is 9.63 Å². The van der Waals surface area contributed by atoms with Crippen LogP contribution in [0, 0.1) is 12.7 Å². The molecule has 1 heterocycles. The number of aliphatic hydroxyl groups is 1. The molecule has 0 spiro atoms. The van der Waals surface area contributed by atoms with E-state index in [1.807, 2.05) is 13.0 Å². The van der Waals surface area contributed by atoms with E-state index in [-0.39, 0.29) is 24.5 Å². The number of hydrogen-bond acceptors (Lipinski definition) is 5. The van der Waals surface area contributed by atoms with Crippen molar-refractivity contribution in [3.8, 4) is 0 Å². The normalized spacial score (nSPS) is 10.4. The Bertz CT molecular complexity index is 712. The molecule has 0 aliphatic heterocycles. The van der Waals surface area contributed by atoms with E-state index in [9.17, 15) is 9.18 Å². The lowest BCUT2D eigenvalue weighted by Gasteiger charge is -2.13. The second-order valence-electron chi connectivity index (χ2n) is 4.66. The molecule has 1 aromatic carbocycles. The van der Waals surface area contributed by atoms with Crippen molar-refractivity contribution in [1.29, 1.82) is 0 Å². The molecule has 3 N–H and O–H groups in total. The van der Waals surface area contributed by atoms with Crippen molar-refractivity contribution in [1.82, 2.24) is 10.5 Å². The zero-order valence-electron chi connectivity index (χ0n) is 12.3. The van der Waals surface area contributed by atoms with Crippen molar-refractivity contribution >= 4 is 33.3 Å². The maximum Gasteiger partial charge on any atom is 0.276 e. The molecule has 1 amide bonds. The number of nitrogens with one attached hydrogen (secondary N) is 2. The minimum Gasteiger partial charge on any atom is -0.394 e. The van der Waals surface area contributed by atoms with E-state index in [0.717, 1.165) is 5.56 Å². The van der Waals surface area contributed by atoms with Crippen molar-refractivity contribution in [2.75, 3.05) is 18.5 Å². The lowest BCUT2D eigenvalue weighted by atomic mass is 10.1. The molecule has 6 nitrogen and oxygen atoms in total. The zero-order chi connectivity index (χ0) is 16.8. The molecular formula is C15H15BrFN3O3. The lowest BCUT2D eigenvalue weighted by Crippen LogP contribution is -2.26. The molecule has 0 unspecified atom stereocenters. The number of amides is 1. The highest BCUT2D eigenvalue weighted by molar-refractivity contribution is 9.10. The van der Waals surface area contributed by atoms with Crippen LogP contribution in [0.25, 0.3) is 0 Å². The van der Waals surface area contributed by atoms with E-state index < -0.39 is 11.7 Å². The molecule has 8 heteroatoms. The van der Waals surface area contributed by atoms with Gasteiger partial charge in [-0.05, 0) is 52.7 Å². The van der Waals surface area contributed by atoms with Crippen LogP contribution in [0.2, 0.25) is 0 Å². The van der Waals surface area contributed by atoms with Crippen LogP contribution in [0.4, 0.5) is 15.9 Å². The number of hydroxylamine groups is 1. The molecule has 2 aromatic rings. The van der Waals surface area contributed by atoms with Gasteiger partial charge in [0.1, 0.15) is 11.6 Å². The van der Waals surface area contributed by atoms with Gasteiger partial charge in [-0.1, -0.05) is 0 Å². The van der Waals surface area contributed by atoms with Gasteiger partial charge in [0.15, 0.2) is 0 Å². The van der Waals surface area contributed by atoms with Gasteiger partial charge in [-0.25, -0.2) is 14.9 Å². The maximum atomic E-state index is 13.5. The molecule has 0 saturated carbocycles. The molecule has 0 bridgehead atoms. The van der Waals surface area contributed by atoms with Crippen LogP contribution in [-0.2, 0) is 4.84 Å². The number of rotatable bonds is 6. The Morgan fingerprint density at radius 1 is 1.43 bits per heavy atom. The summed E-state index contributed by atoms with van der Waals surface area (Å²) in [6.45, 7) is 1.62. The summed E-state index contributed by atoms with van der Waals surface area (Å²) in [5, 5.41) is 11.6. The number of hydrogen-bond donors (Lipinski definition) is 3. The highest BCUT2D eigenvalue weighted by atomic mass is 79.9. The fraction of sp³-hybridized carbons (Fsp3) is 0.200. The fourth-order valence-corrected chi connectivity index (χ4v) is 2.35. The first-order valence-electron chi connectivity index (χ1n) is 6.73. The van der Waals surface area contributed by atoms with E-state index in [4.69, 9.17) is 9.94 Å². The number of nitrogens with zero attached hydrogens (tertiary/aromatic N) is 1. The third-order valence-corrected chi connectivity index (χ3v) is 3.42. The first-order chi connectivity index (χ1) is 11.0. The standard InChI is InChI=1S/C15H15BrFN3O3/c1-9-6-12(16)14(18-8-9)19-13-7-10(17)2-3-11(13)15(22)20-23-5-4-21/h2-3,6-8,21H,4-5H2,1H3,(H,18,19)(H,20,22). The molecule has 0 atom stereocenters. The summed E-state index contributed by atoms with van der Waals surface area (Å²) in [5.74, 6) is -0.612. The summed E-state index contributed by atoms with van der Waals surface area (Å²) < 4.78 is 14.2. The van der Waals surface area contributed by atoms with Crippen molar-refractivity contribution in [2.45, 2.75) is 6.92 Å². The molecule has 23 heavy (non-hydrogen) atoms. The van der Waals surface area contributed by atoms with Crippen LogP contribution in [0.15, 0.2) is 34.9 Å². The van der Waals surface area contributed by atoms with Crippen LogP contribution in [0.1, 0.15) is 15.9 Å². The van der Waals surface area contributed by atoms with Crippen LogP contribution >= 0.6 is 15.9 Å². The number of benzene rings is 1. The Morgan fingerprint density at radius 2 is 2.22 bits per heavy atom. The summed E-state index contributed by atoms with van der Waals surface area (Å²) in [5.41, 5.74) is 3.55. The lowest BCUT2D eigenvalue weighted by molar-refractivity contribution is 0.0169. The average Bonchev–Trinajstić information content (AvgIpc) is 2.50. The highest BCUT2D eigenvalue weighted by Gasteiger charge is 2.14. The first kappa shape index (κ1) is 17.3. The Labute approximate surface area is 140 Å². The second kappa shape index (κ2) is 8.00. The van der Waals surface area contributed by atoms with Crippen molar-refractivity contribution in [2.24, 2.45) is 0 Å². The average molecular weight is 384 g/mol. The molecule has 0 saturated heterocycles. The summed E-state index contributed by atoms with van der Waals surface area (Å²) in [7, 11) is 0. The van der Waals surface area contributed by atoms with Gasteiger partial charge >= 0.3 is 0 Å². The Balaban J connectivity index is 2.26. The van der Waals surface area contributed by atoms with Gasteiger partial charge in [-0.2, -0.15) is 0 Å². The number of aromatic nitrogens is 1. The minimum absolute atomic E-state index is 0.0409. The molecule has 122 valence electrons. The summed E-state index contributed by atoms with van der Waals surface area (Å²) >= 11 is 3.36. The van der Waals surface area contributed by atoms with Crippen LogP contribution in [0.3, 0.4) is 0 Å². The third-order valence-electron chi connectivity index (χ3n) is 2.82. The smallest absolute Gasteiger partial charge is 0.276 e. The predicted octanol–water partition coefficient (Wildman–Crippen LogP) is 2.69. The van der Waals surface area contributed by atoms with Crippen LogP contribution in [-0.4, -0.2) is 29.2 Å². The SMILES string of the molecule is Cc1cnc(Nc2cc(F)ccc2C(=O)NOCCO)c(Br)c1. The number of halogens is 2. The van der Waals surface area contributed by atoms with Gasteiger partial charge in [-0.15, -0.1) is 0 Å².